The number of carbonyl (C=O) groups excluding carboxylic acids is 2. The number of pyridine rings is 1. The molecule has 0 saturated heterocycles. The Morgan fingerprint density at radius 2 is 1.50 bits per heavy atom. The van der Waals surface area contributed by atoms with Gasteiger partial charge in [0.25, 0.3) is 5.91 Å². The minimum Gasteiger partial charge on any atom is -0.321 e. The van der Waals surface area contributed by atoms with Gasteiger partial charge in [0.15, 0.2) is 0 Å². The molecule has 0 unspecified atom stereocenters. The zero-order chi connectivity index (χ0) is 22.7. The molecule has 4 rings (SSSR count). The number of rotatable bonds is 4. The molecular formula is C24H18Cl2N4O2. The third-order valence-electron chi connectivity index (χ3n) is 4.63. The molecule has 0 aliphatic heterocycles. The fourth-order valence-electron chi connectivity index (χ4n) is 3.19. The van der Waals surface area contributed by atoms with Crippen molar-refractivity contribution in [2.45, 2.75) is 6.92 Å². The lowest BCUT2D eigenvalue weighted by Crippen LogP contribution is -2.19. The van der Waals surface area contributed by atoms with Crippen molar-refractivity contribution >= 4 is 63.1 Å². The minimum absolute atomic E-state index is 0.293. The van der Waals surface area contributed by atoms with Crippen molar-refractivity contribution in [3.63, 3.8) is 0 Å². The lowest BCUT2D eigenvalue weighted by atomic mass is 10.1. The maximum atomic E-state index is 12.7. The molecule has 0 fully saturated rings. The van der Waals surface area contributed by atoms with Crippen molar-refractivity contribution in [2.75, 3.05) is 16.0 Å². The van der Waals surface area contributed by atoms with Crippen LogP contribution < -0.4 is 16.0 Å². The van der Waals surface area contributed by atoms with Gasteiger partial charge in [0.1, 0.15) is 0 Å². The van der Waals surface area contributed by atoms with E-state index in [1.54, 1.807) is 72.8 Å². The second-order valence-electron chi connectivity index (χ2n) is 7.09. The van der Waals surface area contributed by atoms with Crippen molar-refractivity contribution in [1.29, 1.82) is 0 Å². The summed E-state index contributed by atoms with van der Waals surface area (Å²) in [6, 6.07) is 20.2. The van der Waals surface area contributed by atoms with Crippen molar-refractivity contribution in [1.82, 2.24) is 4.98 Å². The number of amides is 3. The number of benzene rings is 3. The Morgan fingerprint density at radius 3 is 2.25 bits per heavy atom. The molecule has 0 spiro atoms. The first-order valence-electron chi connectivity index (χ1n) is 9.69. The molecule has 8 heteroatoms. The molecule has 0 aliphatic carbocycles. The summed E-state index contributed by atoms with van der Waals surface area (Å²) in [5.74, 6) is -0.293. The van der Waals surface area contributed by atoms with Gasteiger partial charge in [-0.2, -0.15) is 0 Å². The fourth-order valence-corrected chi connectivity index (χ4v) is 3.51. The van der Waals surface area contributed by atoms with Gasteiger partial charge in [-0.15, -0.1) is 0 Å². The van der Waals surface area contributed by atoms with E-state index in [1.807, 2.05) is 6.92 Å². The summed E-state index contributed by atoms with van der Waals surface area (Å²) in [5.41, 5.74) is 3.62. The van der Waals surface area contributed by atoms with Gasteiger partial charge in [0, 0.05) is 38.1 Å². The number of nitrogens with zero attached hydrogens (tertiary/aromatic N) is 1. The van der Waals surface area contributed by atoms with Crippen LogP contribution in [0.15, 0.2) is 72.8 Å². The van der Waals surface area contributed by atoms with Crippen LogP contribution in [0.3, 0.4) is 0 Å². The van der Waals surface area contributed by atoms with E-state index in [2.05, 4.69) is 20.9 Å². The van der Waals surface area contributed by atoms with Crippen molar-refractivity contribution < 1.29 is 9.59 Å². The Labute approximate surface area is 194 Å². The highest BCUT2D eigenvalue weighted by molar-refractivity contribution is 6.31. The number of hydrogen-bond acceptors (Lipinski definition) is 3. The van der Waals surface area contributed by atoms with Crippen LogP contribution in [0.4, 0.5) is 21.9 Å². The van der Waals surface area contributed by atoms with Crippen LogP contribution in [-0.4, -0.2) is 16.9 Å². The molecule has 3 amide bonds. The smallest absolute Gasteiger partial charge is 0.321 e. The van der Waals surface area contributed by atoms with Crippen LogP contribution in [0.25, 0.3) is 10.9 Å². The predicted octanol–water partition coefficient (Wildman–Crippen LogP) is 6.75. The van der Waals surface area contributed by atoms with Gasteiger partial charge in [-0.3, -0.25) is 9.78 Å². The third kappa shape index (κ3) is 5.17. The fraction of sp³-hybridized carbons (Fsp3) is 0.0417. The number of nitrogens with one attached hydrogen (secondary N) is 3. The number of halogens is 2. The monoisotopic (exact) mass is 464 g/mol. The van der Waals surface area contributed by atoms with Crippen molar-refractivity contribution in [3.8, 4) is 0 Å². The van der Waals surface area contributed by atoms with Crippen LogP contribution >= 0.6 is 23.2 Å². The average molecular weight is 465 g/mol. The minimum atomic E-state index is -0.406. The van der Waals surface area contributed by atoms with Gasteiger partial charge >= 0.3 is 6.03 Å². The summed E-state index contributed by atoms with van der Waals surface area (Å²) in [7, 11) is 0. The first kappa shape index (κ1) is 21.6. The lowest BCUT2D eigenvalue weighted by molar-refractivity contribution is 0.102. The van der Waals surface area contributed by atoms with Gasteiger partial charge in [-0.1, -0.05) is 29.3 Å². The van der Waals surface area contributed by atoms with Crippen molar-refractivity contribution in [2.24, 2.45) is 0 Å². The van der Waals surface area contributed by atoms with E-state index >= 15 is 0 Å². The highest BCUT2D eigenvalue weighted by Crippen LogP contribution is 2.27. The second kappa shape index (κ2) is 9.26. The van der Waals surface area contributed by atoms with Gasteiger partial charge in [-0.25, -0.2) is 4.79 Å². The number of fused-ring (bicyclic) bond motifs is 1. The van der Waals surface area contributed by atoms with Crippen LogP contribution in [0.2, 0.25) is 10.0 Å². The molecule has 0 saturated carbocycles. The molecule has 32 heavy (non-hydrogen) atoms. The third-order valence-corrected chi connectivity index (χ3v) is 5.12. The topological polar surface area (TPSA) is 83.1 Å². The summed E-state index contributed by atoms with van der Waals surface area (Å²) in [5, 5.41) is 10.2. The van der Waals surface area contributed by atoms with E-state index in [9.17, 15) is 9.59 Å². The number of aryl methyl sites for hydroxylation is 1. The summed E-state index contributed by atoms with van der Waals surface area (Å²) < 4.78 is 0. The highest BCUT2D eigenvalue weighted by atomic mass is 35.5. The number of hydrogen-bond donors (Lipinski definition) is 3. The van der Waals surface area contributed by atoms with Gasteiger partial charge in [-0.05, 0) is 73.7 Å². The molecule has 0 radical (unpaired) electrons. The van der Waals surface area contributed by atoms with Crippen LogP contribution in [0, 0.1) is 6.92 Å². The Kier molecular flexibility index (Phi) is 6.25. The Balaban J connectivity index is 1.58. The highest BCUT2D eigenvalue weighted by Gasteiger charge is 2.12. The molecule has 1 heterocycles. The largest absolute Gasteiger partial charge is 0.323 e. The van der Waals surface area contributed by atoms with E-state index in [-0.39, 0.29) is 5.91 Å². The molecule has 6 nitrogen and oxygen atoms in total. The van der Waals surface area contributed by atoms with Crippen LogP contribution in [-0.2, 0) is 0 Å². The maximum Gasteiger partial charge on any atom is 0.323 e. The van der Waals surface area contributed by atoms with Gasteiger partial charge < -0.3 is 16.0 Å². The average Bonchev–Trinajstić information content (AvgIpc) is 2.75. The number of carbonyl (C=O) groups is 2. The predicted molar refractivity (Wildman–Crippen MR) is 130 cm³/mol. The van der Waals surface area contributed by atoms with E-state index in [1.165, 1.54) is 0 Å². The zero-order valence-corrected chi connectivity index (χ0v) is 18.5. The SMILES string of the molecule is Cc1cc(NC(=O)c2cccc(Cl)c2)c2cc(NC(=O)Nc3ccc(Cl)cc3)ccc2n1. The summed E-state index contributed by atoms with van der Waals surface area (Å²) in [6.45, 7) is 1.85. The quantitative estimate of drug-likeness (QED) is 0.312. The standard InChI is InChI=1S/C24H18Cl2N4O2/c1-14-11-22(30-23(31)15-3-2-4-17(26)12-15)20-13-19(9-10-21(20)27-14)29-24(32)28-18-7-5-16(25)6-8-18/h2-13H,1H3,(H,27,30,31)(H2,28,29,32). The summed E-state index contributed by atoms with van der Waals surface area (Å²) in [4.78, 5) is 29.6. The van der Waals surface area contributed by atoms with E-state index in [0.717, 1.165) is 5.69 Å². The van der Waals surface area contributed by atoms with Gasteiger partial charge in [0.2, 0.25) is 0 Å². The molecule has 1 aromatic heterocycles. The summed E-state index contributed by atoms with van der Waals surface area (Å²) >= 11 is 11.9. The zero-order valence-electron chi connectivity index (χ0n) is 16.9. The van der Waals surface area contributed by atoms with E-state index in [4.69, 9.17) is 23.2 Å². The molecule has 0 bridgehead atoms. The lowest BCUT2D eigenvalue weighted by Gasteiger charge is -2.12. The molecule has 3 aromatic carbocycles. The van der Waals surface area contributed by atoms with Crippen molar-refractivity contribution in [3.05, 3.63) is 94.1 Å². The molecular weight excluding hydrogens is 447 g/mol. The number of urea groups is 1. The number of aromatic nitrogens is 1. The Morgan fingerprint density at radius 1 is 0.781 bits per heavy atom. The normalized spacial score (nSPS) is 10.6. The molecule has 4 aromatic rings. The van der Waals surface area contributed by atoms with Crippen LogP contribution in [0.5, 0.6) is 0 Å². The Hall–Kier alpha value is -3.61. The number of anilines is 3. The van der Waals surface area contributed by atoms with E-state index < -0.39 is 6.03 Å². The summed E-state index contributed by atoms with van der Waals surface area (Å²) in [6.07, 6.45) is 0. The van der Waals surface area contributed by atoms with Gasteiger partial charge in [0.05, 0.1) is 11.2 Å². The molecule has 0 atom stereocenters. The molecule has 0 aliphatic rings. The first-order valence-corrected chi connectivity index (χ1v) is 10.4. The van der Waals surface area contributed by atoms with E-state index in [0.29, 0.717) is 43.6 Å². The molecule has 3 N–H and O–H groups in total. The first-order chi connectivity index (χ1) is 15.4. The van der Waals surface area contributed by atoms with Crippen LogP contribution in [0.1, 0.15) is 16.1 Å². The Bertz CT molecular complexity index is 1320. The molecule has 160 valence electrons. The second-order valence-corrected chi connectivity index (χ2v) is 7.97. The maximum absolute atomic E-state index is 12.7.